The average Bonchev–Trinajstić information content (AvgIpc) is 3.15. The number of amides is 3. The average molecular weight is 384 g/mol. The van der Waals surface area contributed by atoms with Gasteiger partial charge in [-0.15, -0.1) is 0 Å². The van der Waals surface area contributed by atoms with Crippen molar-refractivity contribution in [3.63, 3.8) is 0 Å². The Bertz CT molecular complexity index is 1010. The van der Waals surface area contributed by atoms with Gasteiger partial charge < -0.3 is 9.80 Å². The van der Waals surface area contributed by atoms with Crippen molar-refractivity contribution in [1.82, 2.24) is 24.9 Å². The zero-order valence-electron chi connectivity index (χ0n) is 16.1. The molecule has 8 nitrogen and oxygen atoms in total. The van der Waals surface area contributed by atoms with Crippen LogP contribution in [0, 0.1) is 26.6 Å². The number of aryl methyl sites for hydroxylation is 1. The van der Waals surface area contributed by atoms with Gasteiger partial charge in [0, 0.05) is 24.8 Å². The Balaban J connectivity index is 1.82. The van der Waals surface area contributed by atoms with Crippen molar-refractivity contribution in [1.29, 1.82) is 0 Å². The number of urea groups is 1. The van der Waals surface area contributed by atoms with Crippen LogP contribution in [0.1, 0.15) is 22.5 Å². The molecule has 1 saturated heterocycles. The maximum absolute atomic E-state index is 14.3. The fourth-order valence-corrected chi connectivity index (χ4v) is 3.58. The second kappa shape index (κ2) is 6.43. The number of nitrogens with one attached hydrogen (secondary N) is 1. The summed E-state index contributed by atoms with van der Waals surface area (Å²) in [6.45, 7) is 5.89. The zero-order valence-corrected chi connectivity index (χ0v) is 16.1. The third kappa shape index (κ3) is 2.65. The fourth-order valence-electron chi connectivity index (χ4n) is 3.58. The Hall–Kier alpha value is -3.23. The minimum absolute atomic E-state index is 0.125. The van der Waals surface area contributed by atoms with Gasteiger partial charge in [0.2, 0.25) is 5.96 Å². The van der Waals surface area contributed by atoms with Crippen molar-refractivity contribution in [2.24, 2.45) is 4.99 Å². The summed E-state index contributed by atoms with van der Waals surface area (Å²) in [5.41, 5.74) is 3.16. The Labute approximate surface area is 161 Å². The van der Waals surface area contributed by atoms with Crippen molar-refractivity contribution in [3.8, 4) is 0 Å². The van der Waals surface area contributed by atoms with Gasteiger partial charge in [-0.25, -0.2) is 18.9 Å². The number of benzene rings is 1. The number of imide groups is 1. The molecule has 2 aromatic rings. The summed E-state index contributed by atoms with van der Waals surface area (Å²) in [7, 11) is 1.58. The molecule has 28 heavy (non-hydrogen) atoms. The first-order chi connectivity index (χ1) is 13.3. The number of likely N-dealkylation sites (N-methyl/N-ethyl adjacent to an activating group) is 1. The first-order valence-electron chi connectivity index (χ1n) is 8.98. The summed E-state index contributed by atoms with van der Waals surface area (Å²) < 4.78 is 16.0. The lowest BCUT2D eigenvalue weighted by atomic mass is 10.1. The highest BCUT2D eigenvalue weighted by atomic mass is 19.1. The van der Waals surface area contributed by atoms with Crippen LogP contribution in [0.4, 0.5) is 9.18 Å². The molecular weight excluding hydrogens is 363 g/mol. The number of rotatable bonds is 2. The molecule has 2 unspecified atom stereocenters. The molecule has 0 radical (unpaired) electrons. The van der Waals surface area contributed by atoms with Gasteiger partial charge in [0.15, 0.2) is 12.2 Å². The normalized spacial score (nSPS) is 21.7. The molecular formula is C19H21FN6O2. The van der Waals surface area contributed by atoms with E-state index in [4.69, 9.17) is 0 Å². The second-order valence-corrected chi connectivity index (χ2v) is 7.12. The van der Waals surface area contributed by atoms with E-state index in [1.165, 1.54) is 11.0 Å². The molecule has 2 aliphatic rings. The molecule has 3 amide bonds. The minimum atomic E-state index is -0.762. The summed E-state index contributed by atoms with van der Waals surface area (Å²) in [6, 6.07) is 5.14. The van der Waals surface area contributed by atoms with E-state index >= 15 is 0 Å². The lowest BCUT2D eigenvalue weighted by molar-refractivity contribution is -0.127. The van der Waals surface area contributed by atoms with Crippen LogP contribution >= 0.6 is 0 Å². The van der Waals surface area contributed by atoms with E-state index in [0.29, 0.717) is 11.5 Å². The minimum Gasteiger partial charge on any atom is -0.321 e. The Kier molecular flexibility index (Phi) is 4.17. The third-order valence-electron chi connectivity index (χ3n) is 5.48. The molecule has 9 heteroatoms. The molecule has 2 atom stereocenters. The summed E-state index contributed by atoms with van der Waals surface area (Å²) in [6.07, 6.45) is -0.702. The molecule has 0 aliphatic carbocycles. The predicted octanol–water partition coefficient (Wildman–Crippen LogP) is 1.54. The number of nitrogens with zero attached hydrogens (tertiary/aromatic N) is 5. The molecule has 0 bridgehead atoms. The smallest absolute Gasteiger partial charge is 0.321 e. The predicted molar refractivity (Wildman–Crippen MR) is 100 cm³/mol. The van der Waals surface area contributed by atoms with Gasteiger partial charge in [-0.3, -0.25) is 10.1 Å². The van der Waals surface area contributed by atoms with Crippen LogP contribution in [0.3, 0.4) is 0 Å². The SMILES string of the molecule is Cc1nn(C2=NC3C(C(=O)NC(=O)N3C)N2Cc2ccccc2F)c(C)c1C. The van der Waals surface area contributed by atoms with E-state index in [9.17, 15) is 14.0 Å². The van der Waals surface area contributed by atoms with Gasteiger partial charge in [0.25, 0.3) is 5.91 Å². The van der Waals surface area contributed by atoms with E-state index in [2.05, 4.69) is 15.4 Å². The van der Waals surface area contributed by atoms with E-state index in [0.717, 1.165) is 17.0 Å². The number of hydrogen-bond acceptors (Lipinski definition) is 5. The molecule has 1 aromatic carbocycles. The van der Waals surface area contributed by atoms with E-state index in [1.807, 2.05) is 20.8 Å². The summed E-state index contributed by atoms with van der Waals surface area (Å²) in [4.78, 5) is 32.5. The number of aromatic nitrogens is 2. The highest BCUT2D eigenvalue weighted by Crippen LogP contribution is 2.28. The summed E-state index contributed by atoms with van der Waals surface area (Å²) in [5, 5.41) is 6.89. The first-order valence-corrected chi connectivity index (χ1v) is 8.98. The van der Waals surface area contributed by atoms with Gasteiger partial charge in [-0.05, 0) is 32.4 Å². The Morgan fingerprint density at radius 1 is 1.18 bits per heavy atom. The summed E-state index contributed by atoms with van der Waals surface area (Å²) >= 11 is 0. The number of carbonyl (C=O) groups excluding carboxylic acids is 2. The Morgan fingerprint density at radius 3 is 2.54 bits per heavy atom. The molecule has 1 N–H and O–H groups in total. The molecule has 1 aromatic heterocycles. The van der Waals surface area contributed by atoms with Crippen LogP contribution < -0.4 is 5.32 Å². The van der Waals surface area contributed by atoms with Crippen LogP contribution in [-0.4, -0.2) is 56.7 Å². The number of halogens is 1. The molecule has 0 spiro atoms. The molecule has 1 fully saturated rings. The topological polar surface area (TPSA) is 82.8 Å². The Morgan fingerprint density at radius 2 is 1.89 bits per heavy atom. The lowest BCUT2D eigenvalue weighted by Gasteiger charge is -2.36. The van der Waals surface area contributed by atoms with Crippen molar-refractivity contribution in [2.75, 3.05) is 7.05 Å². The lowest BCUT2D eigenvalue weighted by Crippen LogP contribution is -2.63. The number of hydrogen-bond donors (Lipinski definition) is 1. The maximum Gasteiger partial charge on any atom is 0.325 e. The van der Waals surface area contributed by atoms with Gasteiger partial charge in [0.05, 0.1) is 5.69 Å². The van der Waals surface area contributed by atoms with Crippen molar-refractivity contribution in [2.45, 2.75) is 39.5 Å². The van der Waals surface area contributed by atoms with Crippen molar-refractivity contribution in [3.05, 3.63) is 52.6 Å². The third-order valence-corrected chi connectivity index (χ3v) is 5.48. The molecule has 2 aliphatic heterocycles. The van der Waals surface area contributed by atoms with Crippen molar-refractivity contribution >= 4 is 17.9 Å². The van der Waals surface area contributed by atoms with Gasteiger partial charge in [-0.1, -0.05) is 18.2 Å². The van der Waals surface area contributed by atoms with Gasteiger partial charge >= 0.3 is 6.03 Å². The van der Waals surface area contributed by atoms with Gasteiger partial charge in [0.1, 0.15) is 5.82 Å². The maximum atomic E-state index is 14.3. The number of fused-ring (bicyclic) bond motifs is 1. The highest BCUT2D eigenvalue weighted by Gasteiger charge is 2.49. The molecule has 4 rings (SSSR count). The van der Waals surface area contributed by atoms with Crippen LogP contribution in [0.5, 0.6) is 0 Å². The summed E-state index contributed by atoms with van der Waals surface area (Å²) in [5.74, 6) is -0.402. The second-order valence-electron chi connectivity index (χ2n) is 7.12. The largest absolute Gasteiger partial charge is 0.325 e. The van der Waals surface area contributed by atoms with E-state index in [-0.39, 0.29) is 12.4 Å². The van der Waals surface area contributed by atoms with Crippen molar-refractivity contribution < 1.29 is 14.0 Å². The van der Waals surface area contributed by atoms with E-state index < -0.39 is 24.1 Å². The van der Waals surface area contributed by atoms with Gasteiger partial charge in [-0.2, -0.15) is 5.10 Å². The molecule has 3 heterocycles. The quantitative estimate of drug-likeness (QED) is 0.852. The van der Waals surface area contributed by atoms with E-state index in [1.54, 1.807) is 34.8 Å². The zero-order chi connectivity index (χ0) is 20.2. The fraction of sp³-hybridized carbons (Fsp3) is 0.368. The standard InChI is InChI=1S/C19H21FN6O2/c1-10-11(2)23-26(12(10)3)18-21-16-15(17(27)22-19(28)24(16)4)25(18)9-13-7-5-6-8-14(13)20/h5-8,15-16H,9H2,1-4H3,(H,22,27,28). The van der Waals surface area contributed by atoms with Crippen LogP contribution in [0.15, 0.2) is 29.3 Å². The van der Waals surface area contributed by atoms with Crippen LogP contribution in [-0.2, 0) is 11.3 Å². The number of aliphatic imine (C=N–C) groups is 1. The highest BCUT2D eigenvalue weighted by molar-refractivity contribution is 6.04. The molecule has 146 valence electrons. The monoisotopic (exact) mass is 384 g/mol. The van der Waals surface area contributed by atoms with Crippen LogP contribution in [0.25, 0.3) is 0 Å². The first kappa shape index (κ1) is 18.1. The molecule has 0 saturated carbocycles. The number of carbonyl (C=O) groups is 2. The van der Waals surface area contributed by atoms with Crippen LogP contribution in [0.2, 0.25) is 0 Å².